The van der Waals surface area contributed by atoms with Crippen molar-refractivity contribution in [1.29, 1.82) is 0 Å². The fourth-order valence-corrected chi connectivity index (χ4v) is 4.82. The fourth-order valence-electron chi connectivity index (χ4n) is 2.37. The van der Waals surface area contributed by atoms with Crippen LogP contribution in [0.3, 0.4) is 0 Å². The van der Waals surface area contributed by atoms with E-state index < -0.39 is 9.84 Å². The molecule has 0 saturated carbocycles. The molecule has 3 nitrogen and oxygen atoms in total. The highest BCUT2D eigenvalue weighted by atomic mass is 79.9. The van der Waals surface area contributed by atoms with Crippen molar-refractivity contribution in [3.05, 3.63) is 57.0 Å². The zero-order valence-electron chi connectivity index (χ0n) is 10.3. The van der Waals surface area contributed by atoms with Crippen LogP contribution < -0.4 is 5.32 Å². The van der Waals surface area contributed by atoms with Crippen LogP contribution in [0.1, 0.15) is 11.6 Å². The van der Waals surface area contributed by atoms with Gasteiger partial charge >= 0.3 is 0 Å². The van der Waals surface area contributed by atoms with Crippen molar-refractivity contribution in [3.63, 3.8) is 0 Å². The van der Waals surface area contributed by atoms with Crippen LogP contribution in [-0.4, -0.2) is 14.2 Å². The van der Waals surface area contributed by atoms with E-state index in [0.717, 1.165) is 20.2 Å². The molecule has 0 radical (unpaired) electrons. The normalized spacial score (nSPS) is 19.6. The van der Waals surface area contributed by atoms with Crippen molar-refractivity contribution in [2.75, 3.05) is 11.1 Å². The zero-order chi connectivity index (χ0) is 14.3. The molecule has 3 rings (SSSR count). The first-order valence-corrected chi connectivity index (χ1v) is 9.24. The van der Waals surface area contributed by atoms with Crippen LogP contribution >= 0.6 is 31.9 Å². The van der Waals surface area contributed by atoms with Crippen LogP contribution in [-0.2, 0) is 9.84 Å². The lowest BCUT2D eigenvalue weighted by Gasteiger charge is -2.15. The molecule has 1 unspecified atom stereocenters. The number of rotatable bonds is 2. The Hall–Kier alpha value is -0.850. The summed E-state index contributed by atoms with van der Waals surface area (Å²) in [5, 5.41) is 3.31. The van der Waals surface area contributed by atoms with E-state index in [0.29, 0.717) is 4.90 Å². The molecule has 1 aliphatic heterocycles. The maximum atomic E-state index is 12.1. The average Bonchev–Trinajstić information content (AvgIpc) is 2.66. The Morgan fingerprint density at radius 1 is 1.10 bits per heavy atom. The van der Waals surface area contributed by atoms with Crippen molar-refractivity contribution in [2.24, 2.45) is 0 Å². The highest BCUT2D eigenvalue weighted by molar-refractivity contribution is 9.11. The number of sulfone groups is 1. The minimum Gasteiger partial charge on any atom is -0.376 e. The molecule has 104 valence electrons. The van der Waals surface area contributed by atoms with E-state index in [2.05, 4.69) is 37.2 Å². The summed E-state index contributed by atoms with van der Waals surface area (Å²) >= 11 is 6.89. The number of hydrogen-bond donors (Lipinski definition) is 1. The summed E-state index contributed by atoms with van der Waals surface area (Å²) in [6.45, 7) is 0. The fraction of sp³-hybridized carbons (Fsp3) is 0.143. The van der Waals surface area contributed by atoms with Gasteiger partial charge in [-0.3, -0.25) is 0 Å². The number of hydrogen-bond acceptors (Lipinski definition) is 3. The first kappa shape index (κ1) is 14.1. The lowest BCUT2D eigenvalue weighted by Crippen LogP contribution is -2.13. The molecule has 1 atom stereocenters. The van der Waals surface area contributed by atoms with E-state index in [1.54, 1.807) is 12.1 Å². The standard InChI is InChI=1S/C14H11Br2NO2S/c15-9-5-6-11(16)12(7-9)17-13-8-20(18,19)14-4-2-1-3-10(13)14/h1-7,13,17H,8H2. The Kier molecular flexibility index (Phi) is 3.64. The van der Waals surface area contributed by atoms with E-state index in [-0.39, 0.29) is 11.8 Å². The van der Waals surface area contributed by atoms with Gasteiger partial charge in [0, 0.05) is 8.95 Å². The highest BCUT2D eigenvalue weighted by Crippen LogP contribution is 2.37. The molecular formula is C14H11Br2NO2S. The van der Waals surface area contributed by atoms with Gasteiger partial charge in [0.05, 0.1) is 22.4 Å². The number of benzene rings is 2. The lowest BCUT2D eigenvalue weighted by molar-refractivity contribution is 0.598. The summed E-state index contributed by atoms with van der Waals surface area (Å²) in [4.78, 5) is 0.434. The maximum Gasteiger partial charge on any atom is 0.181 e. The van der Waals surface area contributed by atoms with Crippen LogP contribution in [0.15, 0.2) is 56.3 Å². The molecule has 6 heteroatoms. The SMILES string of the molecule is O=S1(=O)CC(Nc2cc(Br)ccc2Br)c2ccccc21. The van der Waals surface area contributed by atoms with Gasteiger partial charge in [0.15, 0.2) is 9.84 Å². The predicted molar refractivity (Wildman–Crippen MR) is 86.7 cm³/mol. The molecule has 0 spiro atoms. The van der Waals surface area contributed by atoms with Gasteiger partial charge in [-0.15, -0.1) is 0 Å². The Morgan fingerprint density at radius 3 is 2.65 bits per heavy atom. The molecule has 0 fully saturated rings. The molecule has 1 N–H and O–H groups in total. The minimum atomic E-state index is -3.19. The van der Waals surface area contributed by atoms with Gasteiger partial charge in [-0.25, -0.2) is 8.42 Å². The number of nitrogens with one attached hydrogen (secondary N) is 1. The molecule has 0 aliphatic carbocycles. The van der Waals surface area contributed by atoms with Crippen molar-refractivity contribution in [1.82, 2.24) is 0 Å². The second kappa shape index (κ2) is 5.16. The summed E-state index contributed by atoms with van der Waals surface area (Å²) in [7, 11) is -3.19. The van der Waals surface area contributed by atoms with Crippen LogP contribution in [0.25, 0.3) is 0 Å². The Labute approximate surface area is 134 Å². The highest BCUT2D eigenvalue weighted by Gasteiger charge is 2.34. The Morgan fingerprint density at radius 2 is 1.85 bits per heavy atom. The predicted octanol–water partition coefficient (Wildman–Crippen LogP) is 4.15. The van der Waals surface area contributed by atoms with E-state index in [1.165, 1.54) is 0 Å². The van der Waals surface area contributed by atoms with Gasteiger partial charge in [0.2, 0.25) is 0 Å². The van der Waals surface area contributed by atoms with Gasteiger partial charge in [-0.05, 0) is 45.8 Å². The molecule has 1 heterocycles. The molecule has 1 aliphatic rings. The molecule has 2 aromatic carbocycles. The van der Waals surface area contributed by atoms with E-state index in [1.807, 2.05) is 30.3 Å². The minimum absolute atomic E-state index is 0.0886. The first-order valence-electron chi connectivity index (χ1n) is 6.01. The summed E-state index contributed by atoms with van der Waals surface area (Å²) < 4.78 is 26.1. The van der Waals surface area contributed by atoms with E-state index in [9.17, 15) is 8.42 Å². The van der Waals surface area contributed by atoms with Crippen molar-refractivity contribution < 1.29 is 8.42 Å². The van der Waals surface area contributed by atoms with Gasteiger partial charge in [-0.1, -0.05) is 34.1 Å². The number of fused-ring (bicyclic) bond motifs is 1. The third-order valence-corrected chi connectivity index (χ3v) is 6.27. The van der Waals surface area contributed by atoms with Gasteiger partial charge in [-0.2, -0.15) is 0 Å². The molecule has 20 heavy (non-hydrogen) atoms. The second-order valence-electron chi connectivity index (χ2n) is 4.64. The third-order valence-electron chi connectivity index (χ3n) is 3.27. The van der Waals surface area contributed by atoms with Crippen molar-refractivity contribution in [2.45, 2.75) is 10.9 Å². The first-order chi connectivity index (χ1) is 9.47. The lowest BCUT2D eigenvalue weighted by atomic mass is 10.1. The summed E-state index contributed by atoms with van der Waals surface area (Å²) in [5.74, 6) is 0.0886. The van der Waals surface area contributed by atoms with Gasteiger partial charge in [0.25, 0.3) is 0 Å². The monoisotopic (exact) mass is 415 g/mol. The van der Waals surface area contributed by atoms with E-state index in [4.69, 9.17) is 0 Å². The maximum absolute atomic E-state index is 12.1. The second-order valence-corrected chi connectivity index (χ2v) is 8.41. The van der Waals surface area contributed by atoms with Crippen LogP contribution in [0.4, 0.5) is 5.69 Å². The van der Waals surface area contributed by atoms with Crippen molar-refractivity contribution in [3.8, 4) is 0 Å². The van der Waals surface area contributed by atoms with Crippen molar-refractivity contribution >= 4 is 47.4 Å². The van der Waals surface area contributed by atoms with Crippen LogP contribution in [0.5, 0.6) is 0 Å². The Bertz CT molecular complexity index is 774. The summed E-state index contributed by atoms with van der Waals surface area (Å²) in [6, 6.07) is 12.7. The van der Waals surface area contributed by atoms with Crippen LogP contribution in [0, 0.1) is 0 Å². The van der Waals surface area contributed by atoms with Gasteiger partial charge < -0.3 is 5.32 Å². The summed E-state index contributed by atoms with van der Waals surface area (Å²) in [5.41, 5.74) is 1.70. The largest absolute Gasteiger partial charge is 0.376 e. The molecule has 0 aromatic heterocycles. The molecule has 0 bridgehead atoms. The number of halogens is 2. The smallest absolute Gasteiger partial charge is 0.181 e. The average molecular weight is 417 g/mol. The summed E-state index contributed by atoms with van der Waals surface area (Å²) in [6.07, 6.45) is 0. The van der Waals surface area contributed by atoms with Gasteiger partial charge in [0.1, 0.15) is 0 Å². The quantitative estimate of drug-likeness (QED) is 0.799. The van der Waals surface area contributed by atoms with Crippen LogP contribution in [0.2, 0.25) is 0 Å². The molecule has 0 amide bonds. The Balaban J connectivity index is 2.00. The molecular weight excluding hydrogens is 406 g/mol. The molecule has 2 aromatic rings. The number of anilines is 1. The van der Waals surface area contributed by atoms with E-state index >= 15 is 0 Å². The molecule has 0 saturated heterocycles. The third kappa shape index (κ3) is 2.52. The topological polar surface area (TPSA) is 46.2 Å². The zero-order valence-corrected chi connectivity index (χ0v) is 14.3.